The van der Waals surface area contributed by atoms with E-state index < -0.39 is 27.6 Å². The summed E-state index contributed by atoms with van der Waals surface area (Å²) in [4.78, 5) is 12.3. The van der Waals surface area contributed by atoms with Crippen molar-refractivity contribution in [1.29, 1.82) is 0 Å². The lowest BCUT2D eigenvalue weighted by molar-refractivity contribution is 0.102. The van der Waals surface area contributed by atoms with E-state index in [9.17, 15) is 22.0 Å². The highest BCUT2D eigenvalue weighted by atomic mass is 35.5. The SMILES string of the molecule is O=C(Nc1ccc(S(=O)(=O)N2CCCCC2)cc1)c1cc(F)c(F)cc1Cl. The molecule has 1 N–H and O–H groups in total. The first-order valence-corrected chi connectivity index (χ1v) is 10.2. The van der Waals surface area contributed by atoms with Crippen molar-refractivity contribution in [3.63, 3.8) is 0 Å². The maximum Gasteiger partial charge on any atom is 0.257 e. The van der Waals surface area contributed by atoms with Gasteiger partial charge in [0.25, 0.3) is 5.91 Å². The summed E-state index contributed by atoms with van der Waals surface area (Å²) in [6.07, 6.45) is 2.69. The number of amides is 1. The van der Waals surface area contributed by atoms with Crippen molar-refractivity contribution in [2.75, 3.05) is 18.4 Å². The summed E-state index contributed by atoms with van der Waals surface area (Å²) in [6.45, 7) is 0.991. The van der Waals surface area contributed by atoms with Gasteiger partial charge < -0.3 is 5.32 Å². The molecule has 1 saturated heterocycles. The van der Waals surface area contributed by atoms with Crippen molar-refractivity contribution in [3.05, 3.63) is 58.6 Å². The monoisotopic (exact) mass is 414 g/mol. The van der Waals surface area contributed by atoms with Crippen LogP contribution in [-0.4, -0.2) is 31.7 Å². The Balaban J connectivity index is 1.76. The van der Waals surface area contributed by atoms with Gasteiger partial charge in [0, 0.05) is 18.8 Å². The molecule has 9 heteroatoms. The maximum absolute atomic E-state index is 13.3. The van der Waals surface area contributed by atoms with E-state index in [1.165, 1.54) is 28.6 Å². The van der Waals surface area contributed by atoms with E-state index in [1.807, 2.05) is 0 Å². The van der Waals surface area contributed by atoms with Crippen LogP contribution in [0.5, 0.6) is 0 Å². The lowest BCUT2D eigenvalue weighted by Crippen LogP contribution is -2.35. The highest BCUT2D eigenvalue weighted by Crippen LogP contribution is 2.24. The highest BCUT2D eigenvalue weighted by molar-refractivity contribution is 7.89. The van der Waals surface area contributed by atoms with Crippen LogP contribution < -0.4 is 5.32 Å². The van der Waals surface area contributed by atoms with Gasteiger partial charge >= 0.3 is 0 Å². The Labute approximate surface area is 161 Å². The molecular formula is C18H17ClF2N2O3S. The number of anilines is 1. The Morgan fingerprint density at radius 2 is 1.59 bits per heavy atom. The predicted molar refractivity (Wildman–Crippen MR) is 98.4 cm³/mol. The van der Waals surface area contributed by atoms with Gasteiger partial charge in [0.15, 0.2) is 11.6 Å². The van der Waals surface area contributed by atoms with Crippen LogP contribution in [0.15, 0.2) is 41.3 Å². The van der Waals surface area contributed by atoms with E-state index in [0.29, 0.717) is 24.8 Å². The second-order valence-corrected chi connectivity index (χ2v) is 8.53. The highest BCUT2D eigenvalue weighted by Gasteiger charge is 2.25. The molecule has 1 fully saturated rings. The zero-order valence-corrected chi connectivity index (χ0v) is 15.8. The third-order valence-electron chi connectivity index (χ3n) is 4.32. The van der Waals surface area contributed by atoms with Gasteiger partial charge in [-0.1, -0.05) is 18.0 Å². The van der Waals surface area contributed by atoms with Gasteiger partial charge in [-0.25, -0.2) is 17.2 Å². The molecular weight excluding hydrogens is 398 g/mol. The predicted octanol–water partition coefficient (Wildman–Crippen LogP) is 4.05. The Kier molecular flexibility index (Phi) is 5.78. The second kappa shape index (κ2) is 7.92. The van der Waals surface area contributed by atoms with Crippen molar-refractivity contribution >= 4 is 33.2 Å². The molecule has 0 spiro atoms. The van der Waals surface area contributed by atoms with Crippen molar-refractivity contribution in [1.82, 2.24) is 4.31 Å². The minimum atomic E-state index is -3.57. The molecule has 144 valence electrons. The van der Waals surface area contributed by atoms with Crippen LogP contribution in [-0.2, 0) is 10.0 Å². The average molecular weight is 415 g/mol. The fourth-order valence-electron chi connectivity index (χ4n) is 2.86. The van der Waals surface area contributed by atoms with Crippen LogP contribution in [0.25, 0.3) is 0 Å². The molecule has 27 heavy (non-hydrogen) atoms. The summed E-state index contributed by atoms with van der Waals surface area (Å²) < 4.78 is 53.1. The number of nitrogens with one attached hydrogen (secondary N) is 1. The maximum atomic E-state index is 13.3. The number of halogens is 3. The molecule has 0 aliphatic carbocycles. The van der Waals surface area contributed by atoms with Crippen LogP contribution in [0.3, 0.4) is 0 Å². The number of hydrogen-bond acceptors (Lipinski definition) is 3. The number of rotatable bonds is 4. The fraction of sp³-hybridized carbons (Fsp3) is 0.278. The molecule has 0 atom stereocenters. The number of carbonyl (C=O) groups excluding carboxylic acids is 1. The average Bonchev–Trinajstić information content (AvgIpc) is 2.65. The lowest BCUT2D eigenvalue weighted by atomic mass is 10.2. The normalized spacial score (nSPS) is 15.5. The van der Waals surface area contributed by atoms with Crippen LogP contribution in [0.1, 0.15) is 29.6 Å². The van der Waals surface area contributed by atoms with E-state index in [4.69, 9.17) is 11.6 Å². The van der Waals surface area contributed by atoms with Gasteiger partial charge in [-0.3, -0.25) is 4.79 Å². The topological polar surface area (TPSA) is 66.5 Å². The third-order valence-corrected chi connectivity index (χ3v) is 6.55. The van der Waals surface area contributed by atoms with Crippen LogP contribution in [0, 0.1) is 11.6 Å². The molecule has 0 aromatic heterocycles. The molecule has 3 rings (SSSR count). The van der Waals surface area contributed by atoms with E-state index in [0.717, 1.165) is 25.3 Å². The molecule has 1 amide bonds. The number of hydrogen-bond donors (Lipinski definition) is 1. The summed E-state index contributed by atoms with van der Waals surface area (Å²) in [5, 5.41) is 2.26. The molecule has 0 saturated carbocycles. The summed E-state index contributed by atoms with van der Waals surface area (Å²) >= 11 is 5.78. The summed E-state index contributed by atoms with van der Waals surface area (Å²) in [5.74, 6) is -3.07. The lowest BCUT2D eigenvalue weighted by Gasteiger charge is -2.25. The first-order valence-electron chi connectivity index (χ1n) is 8.35. The molecule has 0 unspecified atom stereocenters. The Morgan fingerprint density at radius 1 is 1.00 bits per heavy atom. The van der Waals surface area contributed by atoms with Gasteiger partial charge in [-0.15, -0.1) is 0 Å². The van der Waals surface area contributed by atoms with Crippen molar-refractivity contribution in [2.24, 2.45) is 0 Å². The first-order chi connectivity index (χ1) is 12.8. The van der Waals surface area contributed by atoms with Crippen LogP contribution in [0.4, 0.5) is 14.5 Å². The molecule has 2 aromatic carbocycles. The molecule has 5 nitrogen and oxygen atoms in total. The van der Waals surface area contributed by atoms with Gasteiger partial charge in [-0.2, -0.15) is 4.31 Å². The summed E-state index contributed by atoms with van der Waals surface area (Å²) in [7, 11) is -3.57. The second-order valence-electron chi connectivity index (χ2n) is 6.19. The van der Waals surface area contributed by atoms with Gasteiger partial charge in [-0.05, 0) is 49.2 Å². The number of benzene rings is 2. The largest absolute Gasteiger partial charge is 0.322 e. The first kappa shape index (κ1) is 19.7. The number of sulfonamides is 1. The zero-order chi connectivity index (χ0) is 19.6. The molecule has 0 radical (unpaired) electrons. The van der Waals surface area contributed by atoms with Crippen molar-refractivity contribution in [3.8, 4) is 0 Å². The molecule has 0 bridgehead atoms. The van der Waals surface area contributed by atoms with E-state index in [-0.39, 0.29) is 15.5 Å². The summed E-state index contributed by atoms with van der Waals surface area (Å²) in [5.41, 5.74) is 0.0824. The van der Waals surface area contributed by atoms with Gasteiger partial charge in [0.2, 0.25) is 10.0 Å². The zero-order valence-electron chi connectivity index (χ0n) is 14.2. The Morgan fingerprint density at radius 3 is 2.22 bits per heavy atom. The summed E-state index contributed by atoms with van der Waals surface area (Å²) in [6, 6.07) is 7.09. The third kappa shape index (κ3) is 4.28. The van der Waals surface area contributed by atoms with Crippen LogP contribution in [0.2, 0.25) is 5.02 Å². The molecule has 2 aromatic rings. The van der Waals surface area contributed by atoms with Crippen LogP contribution >= 0.6 is 11.6 Å². The Hall–Kier alpha value is -2.03. The van der Waals surface area contributed by atoms with E-state index in [2.05, 4.69) is 5.32 Å². The molecule has 1 aliphatic rings. The molecule has 1 heterocycles. The standard InChI is InChI=1S/C18H17ClF2N2O3S/c19-15-11-17(21)16(20)10-14(15)18(24)22-12-4-6-13(7-5-12)27(25,26)23-8-2-1-3-9-23/h4-7,10-11H,1-3,8-9H2,(H,22,24). The number of piperidine rings is 1. The smallest absolute Gasteiger partial charge is 0.257 e. The molecule has 1 aliphatic heterocycles. The van der Waals surface area contributed by atoms with Gasteiger partial charge in [0.1, 0.15) is 0 Å². The van der Waals surface area contributed by atoms with E-state index in [1.54, 1.807) is 0 Å². The van der Waals surface area contributed by atoms with Crippen molar-refractivity contribution in [2.45, 2.75) is 24.2 Å². The minimum Gasteiger partial charge on any atom is -0.322 e. The van der Waals surface area contributed by atoms with Crippen molar-refractivity contribution < 1.29 is 22.0 Å². The fourth-order valence-corrected chi connectivity index (χ4v) is 4.61. The Bertz CT molecular complexity index is 959. The van der Waals surface area contributed by atoms with Gasteiger partial charge in [0.05, 0.1) is 15.5 Å². The number of nitrogens with zero attached hydrogens (tertiary/aromatic N) is 1. The quantitative estimate of drug-likeness (QED) is 0.767. The van der Waals surface area contributed by atoms with E-state index >= 15 is 0 Å². The number of carbonyl (C=O) groups is 1. The minimum absolute atomic E-state index is 0.133.